The van der Waals surface area contributed by atoms with Gasteiger partial charge in [-0.2, -0.15) is 10.5 Å². The second kappa shape index (κ2) is 10.6. The van der Waals surface area contributed by atoms with Crippen molar-refractivity contribution in [3.8, 4) is 18.0 Å². The molecule has 0 radical (unpaired) electrons. The highest BCUT2D eigenvalue weighted by Crippen LogP contribution is 2.38. The van der Waals surface area contributed by atoms with Crippen LogP contribution in [0.2, 0.25) is 0 Å². The van der Waals surface area contributed by atoms with Crippen molar-refractivity contribution in [2.24, 2.45) is 5.41 Å². The van der Waals surface area contributed by atoms with Gasteiger partial charge in [-0.1, -0.05) is 38.1 Å². The van der Waals surface area contributed by atoms with Crippen molar-refractivity contribution in [3.05, 3.63) is 77.4 Å². The second-order valence-electron chi connectivity index (χ2n) is 11.8. The van der Waals surface area contributed by atoms with E-state index in [4.69, 9.17) is 4.74 Å². The number of aromatic nitrogens is 5. The summed E-state index contributed by atoms with van der Waals surface area (Å²) in [4.78, 5) is 8.88. The van der Waals surface area contributed by atoms with Gasteiger partial charge in [0.15, 0.2) is 0 Å². The van der Waals surface area contributed by atoms with Crippen molar-refractivity contribution in [1.29, 1.82) is 10.5 Å². The van der Waals surface area contributed by atoms with Crippen LogP contribution in [0.3, 0.4) is 0 Å². The maximum Gasteiger partial charge on any atom is 0.221 e. The molecule has 1 saturated carbocycles. The number of rotatable bonds is 8. The average molecular weight is 558 g/mol. The van der Waals surface area contributed by atoms with Gasteiger partial charge in [-0.15, -0.1) is 5.10 Å². The molecule has 0 saturated heterocycles. The van der Waals surface area contributed by atoms with Crippen molar-refractivity contribution >= 4 is 33.1 Å². The minimum absolute atomic E-state index is 0.0288. The topological polar surface area (TPSA) is 137 Å². The monoisotopic (exact) mass is 557 g/mol. The second-order valence-corrected chi connectivity index (χ2v) is 11.8. The summed E-state index contributed by atoms with van der Waals surface area (Å²) in [5.74, 6) is 0.539. The van der Waals surface area contributed by atoms with Crippen LogP contribution in [0.4, 0.5) is 11.4 Å². The van der Waals surface area contributed by atoms with Gasteiger partial charge in [0.2, 0.25) is 5.88 Å². The SMILES string of the molecule is COc1nccc2c([C@H](Nc3cc(C#N)c4ncc(C#N)c(NCC(C)(C)C)c4c3)c3cn(C4CC4)nn3)cccc12. The molecule has 0 spiro atoms. The van der Waals surface area contributed by atoms with E-state index in [0.717, 1.165) is 34.9 Å². The van der Waals surface area contributed by atoms with Crippen LogP contribution in [0.15, 0.2) is 55.0 Å². The Morgan fingerprint density at radius 3 is 2.57 bits per heavy atom. The first-order valence-corrected chi connectivity index (χ1v) is 13.9. The minimum Gasteiger partial charge on any atom is -0.481 e. The molecule has 0 bridgehead atoms. The van der Waals surface area contributed by atoms with Gasteiger partial charge >= 0.3 is 0 Å². The number of nitrogens with one attached hydrogen (secondary N) is 2. The first-order chi connectivity index (χ1) is 20.3. The Balaban J connectivity index is 1.51. The predicted molar refractivity (Wildman–Crippen MR) is 161 cm³/mol. The Morgan fingerprint density at radius 2 is 1.86 bits per heavy atom. The summed E-state index contributed by atoms with van der Waals surface area (Å²) < 4.78 is 7.48. The van der Waals surface area contributed by atoms with Gasteiger partial charge < -0.3 is 15.4 Å². The highest BCUT2D eigenvalue weighted by atomic mass is 16.5. The molecule has 6 rings (SSSR count). The molecule has 3 heterocycles. The number of pyridine rings is 2. The molecule has 210 valence electrons. The molecule has 0 unspecified atom stereocenters. The number of nitriles is 2. The third-order valence-electron chi connectivity index (χ3n) is 7.37. The fourth-order valence-electron chi connectivity index (χ4n) is 5.14. The molecule has 42 heavy (non-hydrogen) atoms. The molecule has 2 aromatic carbocycles. The van der Waals surface area contributed by atoms with Gasteiger partial charge in [0.1, 0.15) is 17.8 Å². The molecule has 10 nitrogen and oxygen atoms in total. The van der Waals surface area contributed by atoms with Crippen molar-refractivity contribution in [1.82, 2.24) is 25.0 Å². The van der Waals surface area contributed by atoms with Crippen molar-refractivity contribution < 1.29 is 4.74 Å². The van der Waals surface area contributed by atoms with Crippen LogP contribution in [0.25, 0.3) is 21.7 Å². The standard InChI is InChI=1S/C32H31N9O/c1-32(2,3)18-37-29-20(15-34)16-36-28-19(14-33)12-21(13-26(28)29)38-30(27-17-41(40-39-27)22-8-9-22)24-6-5-7-25-23(24)10-11-35-31(25)42-4/h5-7,10-13,16-17,22,30,38H,8-9,18H2,1-4H3,(H,36,37)/t30-/m0/s1. The van der Waals surface area contributed by atoms with Gasteiger partial charge in [0.25, 0.3) is 0 Å². The first kappa shape index (κ1) is 27.0. The van der Waals surface area contributed by atoms with E-state index < -0.39 is 6.04 Å². The largest absolute Gasteiger partial charge is 0.481 e. The van der Waals surface area contributed by atoms with E-state index in [2.05, 4.69) is 63.8 Å². The number of anilines is 2. The molecule has 5 aromatic rings. The fourth-order valence-corrected chi connectivity index (χ4v) is 5.14. The number of ether oxygens (including phenoxy) is 1. The van der Waals surface area contributed by atoms with E-state index in [-0.39, 0.29) is 5.41 Å². The highest BCUT2D eigenvalue weighted by molar-refractivity contribution is 5.99. The van der Waals surface area contributed by atoms with Crippen LogP contribution in [0.1, 0.15) is 68.1 Å². The van der Waals surface area contributed by atoms with E-state index >= 15 is 0 Å². The number of methoxy groups -OCH3 is 1. The maximum atomic E-state index is 10.1. The molecular weight excluding hydrogens is 526 g/mol. The summed E-state index contributed by atoms with van der Waals surface area (Å²) in [6.07, 6.45) is 7.43. The average Bonchev–Trinajstić information content (AvgIpc) is 3.73. The van der Waals surface area contributed by atoms with E-state index in [1.807, 2.05) is 41.2 Å². The third-order valence-corrected chi connectivity index (χ3v) is 7.37. The van der Waals surface area contributed by atoms with E-state index in [0.29, 0.717) is 51.9 Å². The lowest BCUT2D eigenvalue weighted by Gasteiger charge is -2.23. The van der Waals surface area contributed by atoms with Crippen LogP contribution in [0.5, 0.6) is 5.88 Å². The Morgan fingerprint density at radius 1 is 1.05 bits per heavy atom. The fraction of sp³-hybridized carbons (Fsp3) is 0.312. The van der Waals surface area contributed by atoms with E-state index in [9.17, 15) is 10.5 Å². The van der Waals surface area contributed by atoms with Crippen molar-refractivity contribution in [2.75, 3.05) is 24.3 Å². The molecule has 1 fully saturated rings. The summed E-state index contributed by atoms with van der Waals surface area (Å²) in [7, 11) is 1.61. The zero-order chi connectivity index (χ0) is 29.4. The first-order valence-electron chi connectivity index (χ1n) is 13.9. The minimum atomic E-state index is -0.407. The number of fused-ring (bicyclic) bond motifs is 2. The summed E-state index contributed by atoms with van der Waals surface area (Å²) >= 11 is 0. The molecule has 0 aliphatic heterocycles. The van der Waals surface area contributed by atoms with Gasteiger partial charge in [0, 0.05) is 35.4 Å². The summed E-state index contributed by atoms with van der Waals surface area (Å²) in [6.45, 7) is 7.00. The summed E-state index contributed by atoms with van der Waals surface area (Å²) in [6, 6.07) is 16.2. The number of nitrogens with zero attached hydrogens (tertiary/aromatic N) is 7. The molecule has 1 aliphatic rings. The molecule has 2 N–H and O–H groups in total. The highest BCUT2D eigenvalue weighted by Gasteiger charge is 2.28. The zero-order valence-electron chi connectivity index (χ0n) is 24.0. The summed E-state index contributed by atoms with van der Waals surface area (Å²) in [5.41, 5.74) is 4.40. The number of benzene rings is 2. The predicted octanol–water partition coefficient (Wildman–Crippen LogP) is 6.12. The lowest BCUT2D eigenvalue weighted by molar-refractivity contribution is 0.403. The van der Waals surface area contributed by atoms with Crippen LogP contribution in [0, 0.1) is 28.1 Å². The third kappa shape index (κ3) is 5.15. The lowest BCUT2D eigenvalue weighted by Crippen LogP contribution is -2.20. The molecule has 0 amide bonds. The van der Waals surface area contributed by atoms with Gasteiger partial charge in [-0.25, -0.2) is 9.67 Å². The van der Waals surface area contributed by atoms with E-state index in [1.54, 1.807) is 19.4 Å². The lowest BCUT2D eigenvalue weighted by atomic mass is 9.96. The smallest absolute Gasteiger partial charge is 0.221 e. The van der Waals surface area contributed by atoms with Crippen LogP contribution in [-0.2, 0) is 0 Å². The molecule has 3 aromatic heterocycles. The van der Waals surface area contributed by atoms with Gasteiger partial charge in [-0.3, -0.25) is 4.98 Å². The normalized spacial score (nSPS) is 13.9. The van der Waals surface area contributed by atoms with Crippen LogP contribution in [-0.4, -0.2) is 38.6 Å². The molecule has 1 aliphatic carbocycles. The van der Waals surface area contributed by atoms with Crippen LogP contribution >= 0.6 is 0 Å². The molecular formula is C32H31N9O. The Bertz CT molecular complexity index is 1890. The quantitative estimate of drug-likeness (QED) is 0.231. The zero-order valence-corrected chi connectivity index (χ0v) is 24.0. The Kier molecular flexibility index (Phi) is 6.83. The number of hydrogen-bond acceptors (Lipinski definition) is 9. The number of hydrogen-bond donors (Lipinski definition) is 2. The maximum absolute atomic E-state index is 10.1. The summed E-state index contributed by atoms with van der Waals surface area (Å²) in [5, 5.41) is 38.7. The van der Waals surface area contributed by atoms with Crippen molar-refractivity contribution in [2.45, 2.75) is 45.7 Å². The van der Waals surface area contributed by atoms with E-state index in [1.165, 1.54) is 6.20 Å². The van der Waals surface area contributed by atoms with Crippen LogP contribution < -0.4 is 15.4 Å². The Labute approximate surface area is 244 Å². The molecule has 10 heteroatoms. The van der Waals surface area contributed by atoms with Gasteiger partial charge in [0.05, 0.1) is 47.7 Å². The Hall–Kier alpha value is -5.22. The molecule has 1 atom stereocenters. The van der Waals surface area contributed by atoms with Gasteiger partial charge in [-0.05, 0) is 53.5 Å². The van der Waals surface area contributed by atoms with Crippen molar-refractivity contribution in [3.63, 3.8) is 0 Å².